The lowest BCUT2D eigenvalue weighted by Crippen LogP contribution is -2.15. The van der Waals surface area contributed by atoms with Gasteiger partial charge in [0.1, 0.15) is 4.88 Å². The van der Waals surface area contributed by atoms with Crippen molar-refractivity contribution in [3.8, 4) is 0 Å². The molecule has 2 aromatic rings. The van der Waals surface area contributed by atoms with E-state index < -0.39 is 5.97 Å². The van der Waals surface area contributed by atoms with Gasteiger partial charge in [-0.05, 0) is 49.4 Å². The summed E-state index contributed by atoms with van der Waals surface area (Å²) >= 11 is 7.45. The summed E-state index contributed by atoms with van der Waals surface area (Å²) in [6.07, 6.45) is 3.79. The molecule has 1 aliphatic carbocycles. The van der Waals surface area contributed by atoms with E-state index in [1.165, 1.54) is 35.9 Å². The highest BCUT2D eigenvalue weighted by Crippen LogP contribution is 2.45. The Labute approximate surface area is 132 Å². The van der Waals surface area contributed by atoms with Crippen LogP contribution in [0, 0.1) is 0 Å². The van der Waals surface area contributed by atoms with Crippen molar-refractivity contribution in [3.63, 3.8) is 0 Å². The maximum atomic E-state index is 11.0. The first-order valence-corrected chi connectivity index (χ1v) is 8.05. The third-order valence-corrected chi connectivity index (χ3v) is 4.91. The van der Waals surface area contributed by atoms with E-state index in [0.29, 0.717) is 11.0 Å². The van der Waals surface area contributed by atoms with Crippen LogP contribution in [0.5, 0.6) is 0 Å². The molecular formula is C15H15ClN2O2S. The van der Waals surface area contributed by atoms with E-state index >= 15 is 0 Å². The van der Waals surface area contributed by atoms with E-state index in [0.717, 1.165) is 17.3 Å². The summed E-state index contributed by atoms with van der Waals surface area (Å²) in [4.78, 5) is 17.5. The number of aromatic carboxylic acids is 1. The second-order valence-electron chi connectivity index (χ2n) is 5.04. The molecule has 110 valence electrons. The molecule has 0 aliphatic heterocycles. The number of thiazole rings is 1. The van der Waals surface area contributed by atoms with Crippen LogP contribution in [0.3, 0.4) is 0 Å². The molecule has 0 spiro atoms. The molecule has 0 radical (unpaired) electrons. The molecule has 1 aromatic carbocycles. The minimum Gasteiger partial charge on any atom is -0.477 e. The Morgan fingerprint density at radius 1 is 1.52 bits per heavy atom. The first-order chi connectivity index (χ1) is 10.1. The number of aromatic nitrogens is 1. The number of nitrogens with zero attached hydrogens (tertiary/aromatic N) is 2. The highest BCUT2D eigenvalue weighted by molar-refractivity contribution is 7.17. The summed E-state index contributed by atoms with van der Waals surface area (Å²) in [5, 5.41) is 10.5. The molecule has 1 aliphatic rings. The largest absolute Gasteiger partial charge is 0.477 e. The average Bonchev–Trinajstić information content (AvgIpc) is 3.19. The van der Waals surface area contributed by atoms with Gasteiger partial charge in [0.25, 0.3) is 0 Å². The summed E-state index contributed by atoms with van der Waals surface area (Å²) in [6, 6.07) is 5.98. The summed E-state index contributed by atoms with van der Waals surface area (Å²) in [7, 11) is 0. The minimum absolute atomic E-state index is 0.250. The van der Waals surface area contributed by atoms with Gasteiger partial charge in [0.2, 0.25) is 0 Å². The maximum Gasteiger partial charge on any atom is 0.347 e. The number of benzene rings is 1. The number of hydrogen-bond acceptors (Lipinski definition) is 4. The van der Waals surface area contributed by atoms with Crippen molar-refractivity contribution in [3.05, 3.63) is 39.9 Å². The van der Waals surface area contributed by atoms with Gasteiger partial charge in [0.05, 0.1) is 6.20 Å². The van der Waals surface area contributed by atoms with E-state index in [1.807, 2.05) is 24.0 Å². The Kier molecular flexibility index (Phi) is 3.87. The molecule has 0 amide bonds. The zero-order valence-electron chi connectivity index (χ0n) is 11.5. The zero-order valence-corrected chi connectivity index (χ0v) is 13.1. The third kappa shape index (κ3) is 2.89. The normalized spacial score (nSPS) is 14.2. The standard InChI is InChI=1S/C15H15ClN2O2S/c1-2-18(15-17-8-13(21-15)14(19)20)10-5-6-12(16)11(7-10)9-3-4-9/h5-9H,2-4H2,1H3,(H,19,20). The Bertz CT molecular complexity index is 682. The van der Waals surface area contributed by atoms with Crippen molar-refractivity contribution >= 4 is 39.7 Å². The Morgan fingerprint density at radius 3 is 2.86 bits per heavy atom. The first-order valence-electron chi connectivity index (χ1n) is 6.86. The van der Waals surface area contributed by atoms with E-state index in [4.69, 9.17) is 16.7 Å². The smallest absolute Gasteiger partial charge is 0.347 e. The van der Waals surface area contributed by atoms with Gasteiger partial charge in [-0.1, -0.05) is 22.9 Å². The zero-order chi connectivity index (χ0) is 15.0. The molecule has 0 saturated heterocycles. The van der Waals surface area contributed by atoms with Gasteiger partial charge in [-0.25, -0.2) is 9.78 Å². The molecule has 1 N–H and O–H groups in total. The van der Waals surface area contributed by atoms with Crippen molar-refractivity contribution < 1.29 is 9.90 Å². The third-order valence-electron chi connectivity index (χ3n) is 3.56. The molecule has 3 rings (SSSR count). The van der Waals surface area contributed by atoms with Crippen molar-refractivity contribution in [1.82, 2.24) is 4.98 Å². The lowest BCUT2D eigenvalue weighted by Gasteiger charge is -2.21. The molecule has 0 unspecified atom stereocenters. The van der Waals surface area contributed by atoms with Gasteiger partial charge in [0, 0.05) is 17.3 Å². The molecule has 0 atom stereocenters. The number of carboxylic acids is 1. The van der Waals surface area contributed by atoms with Crippen LogP contribution >= 0.6 is 22.9 Å². The number of carbonyl (C=O) groups is 1. The number of rotatable bonds is 5. The van der Waals surface area contributed by atoms with Gasteiger partial charge in [-0.3, -0.25) is 0 Å². The van der Waals surface area contributed by atoms with Crippen molar-refractivity contribution in [2.75, 3.05) is 11.4 Å². The molecular weight excluding hydrogens is 308 g/mol. The van der Waals surface area contributed by atoms with Gasteiger partial charge in [-0.2, -0.15) is 0 Å². The molecule has 0 bridgehead atoms. The van der Waals surface area contributed by atoms with E-state index in [1.54, 1.807) is 0 Å². The quantitative estimate of drug-likeness (QED) is 0.878. The van der Waals surface area contributed by atoms with Crippen LogP contribution in [-0.4, -0.2) is 22.6 Å². The van der Waals surface area contributed by atoms with Crippen LogP contribution in [0.15, 0.2) is 24.4 Å². The fourth-order valence-electron chi connectivity index (χ4n) is 2.32. The number of anilines is 2. The van der Waals surface area contributed by atoms with Gasteiger partial charge in [-0.15, -0.1) is 0 Å². The van der Waals surface area contributed by atoms with Crippen LogP contribution in [0.2, 0.25) is 5.02 Å². The van der Waals surface area contributed by atoms with Crippen LogP contribution in [0.4, 0.5) is 10.8 Å². The first kappa shape index (κ1) is 14.4. The Balaban J connectivity index is 1.95. The van der Waals surface area contributed by atoms with Crippen LogP contribution < -0.4 is 4.90 Å². The van der Waals surface area contributed by atoms with Crippen LogP contribution in [-0.2, 0) is 0 Å². The molecule has 1 aromatic heterocycles. The molecule has 1 heterocycles. The Hall–Kier alpha value is -1.59. The summed E-state index contributed by atoms with van der Waals surface area (Å²) in [5.41, 5.74) is 2.19. The number of hydrogen-bond donors (Lipinski definition) is 1. The molecule has 6 heteroatoms. The fraction of sp³-hybridized carbons (Fsp3) is 0.333. The average molecular weight is 323 g/mol. The topological polar surface area (TPSA) is 53.4 Å². The number of carboxylic acid groups (broad SMARTS) is 1. The maximum absolute atomic E-state index is 11.0. The lowest BCUT2D eigenvalue weighted by atomic mass is 10.1. The minimum atomic E-state index is -0.940. The fourth-order valence-corrected chi connectivity index (χ4v) is 3.43. The highest BCUT2D eigenvalue weighted by Gasteiger charge is 2.26. The van der Waals surface area contributed by atoms with E-state index in [2.05, 4.69) is 11.1 Å². The van der Waals surface area contributed by atoms with Crippen molar-refractivity contribution in [1.29, 1.82) is 0 Å². The van der Waals surface area contributed by atoms with Crippen LogP contribution in [0.1, 0.15) is 40.9 Å². The van der Waals surface area contributed by atoms with Gasteiger partial charge < -0.3 is 10.0 Å². The molecule has 21 heavy (non-hydrogen) atoms. The summed E-state index contributed by atoms with van der Waals surface area (Å²) < 4.78 is 0. The van der Waals surface area contributed by atoms with Gasteiger partial charge in [0.15, 0.2) is 5.13 Å². The highest BCUT2D eigenvalue weighted by atomic mass is 35.5. The SMILES string of the molecule is CCN(c1ccc(Cl)c(C2CC2)c1)c1ncc(C(=O)O)s1. The second kappa shape index (κ2) is 5.66. The monoisotopic (exact) mass is 322 g/mol. The Morgan fingerprint density at radius 2 is 2.29 bits per heavy atom. The second-order valence-corrected chi connectivity index (χ2v) is 6.45. The predicted molar refractivity (Wildman–Crippen MR) is 85.2 cm³/mol. The molecule has 1 saturated carbocycles. The summed E-state index contributed by atoms with van der Waals surface area (Å²) in [5.74, 6) is -0.369. The van der Waals surface area contributed by atoms with Gasteiger partial charge >= 0.3 is 5.97 Å². The van der Waals surface area contributed by atoms with Crippen LogP contribution in [0.25, 0.3) is 0 Å². The van der Waals surface area contributed by atoms with E-state index in [-0.39, 0.29) is 4.88 Å². The number of halogens is 1. The van der Waals surface area contributed by atoms with Crippen molar-refractivity contribution in [2.24, 2.45) is 0 Å². The predicted octanol–water partition coefficient (Wildman–Crippen LogP) is 4.53. The molecule has 1 fully saturated rings. The van der Waals surface area contributed by atoms with E-state index in [9.17, 15) is 4.79 Å². The molecule has 4 nitrogen and oxygen atoms in total. The van der Waals surface area contributed by atoms with Crippen molar-refractivity contribution in [2.45, 2.75) is 25.7 Å². The lowest BCUT2D eigenvalue weighted by molar-refractivity contribution is 0.0702. The summed E-state index contributed by atoms with van der Waals surface area (Å²) in [6.45, 7) is 2.74.